The summed E-state index contributed by atoms with van der Waals surface area (Å²) >= 11 is 6.38. The molecule has 1 fully saturated rings. The van der Waals surface area contributed by atoms with Crippen molar-refractivity contribution in [3.05, 3.63) is 58.1 Å². The van der Waals surface area contributed by atoms with E-state index in [2.05, 4.69) is 30.0 Å². The molecule has 2 aliphatic rings. The Morgan fingerprint density at radius 3 is 2.56 bits per heavy atom. The zero-order valence-electron chi connectivity index (χ0n) is 26.0. The Hall–Kier alpha value is -2.81. The molecule has 0 radical (unpaired) electrons. The highest BCUT2D eigenvalue weighted by molar-refractivity contribution is 6.30. The fraction of sp³-hybridized carbons (Fsp3) is 0.588. The molecule has 5 atom stereocenters. The number of fused-ring (bicyclic) bond motifs is 1. The number of benzene rings is 2. The van der Waals surface area contributed by atoms with Crippen LogP contribution in [-0.2, 0) is 16.0 Å². The van der Waals surface area contributed by atoms with E-state index in [9.17, 15) is 15.0 Å². The Bertz CT molecular complexity index is 1190. The number of rotatable bonds is 12. The van der Waals surface area contributed by atoms with E-state index in [0.717, 1.165) is 86.6 Å². The number of carbonyl (C=O) groups excluding carboxylic acids is 1. The van der Waals surface area contributed by atoms with Gasteiger partial charge in [-0.3, -0.25) is 9.59 Å². The molecule has 2 aromatic carbocycles. The Balaban J connectivity index is 0.00000162. The highest BCUT2D eigenvalue weighted by Crippen LogP contribution is 2.43. The molecule has 1 amide bonds. The number of amides is 1. The number of aliphatic hydroxyl groups excluding tert-OH is 2. The molecule has 9 heteroatoms. The van der Waals surface area contributed by atoms with Gasteiger partial charge in [0.2, 0.25) is 5.91 Å². The number of ether oxygens (including phenoxy) is 1. The van der Waals surface area contributed by atoms with Crippen molar-refractivity contribution in [3.63, 3.8) is 0 Å². The van der Waals surface area contributed by atoms with Gasteiger partial charge in [-0.05, 0) is 98.2 Å². The summed E-state index contributed by atoms with van der Waals surface area (Å²) in [6.45, 7) is 8.31. The lowest BCUT2D eigenvalue weighted by Crippen LogP contribution is -2.44. The predicted octanol–water partition coefficient (Wildman–Crippen LogP) is 6.06. The van der Waals surface area contributed by atoms with E-state index in [1.165, 1.54) is 11.1 Å². The number of carboxylic acid groups (broad SMARTS) is 1. The molecular formula is C34H49ClN2O6. The maximum atomic E-state index is 11.5. The van der Waals surface area contributed by atoms with Gasteiger partial charge in [0.25, 0.3) is 6.47 Å². The second-order valence-electron chi connectivity index (χ2n) is 12.0. The third-order valence-electron chi connectivity index (χ3n) is 8.96. The number of carbonyl (C=O) groups is 2. The van der Waals surface area contributed by atoms with E-state index in [1.54, 1.807) is 18.7 Å². The van der Waals surface area contributed by atoms with Gasteiger partial charge in [-0.2, -0.15) is 0 Å². The Morgan fingerprint density at radius 1 is 1.19 bits per heavy atom. The van der Waals surface area contributed by atoms with Gasteiger partial charge < -0.3 is 29.9 Å². The Kier molecular flexibility index (Phi) is 13.6. The largest absolute Gasteiger partial charge is 0.491 e. The minimum absolute atomic E-state index is 0.0822. The fourth-order valence-electron chi connectivity index (χ4n) is 6.28. The first-order chi connectivity index (χ1) is 20.6. The van der Waals surface area contributed by atoms with Crippen LogP contribution in [0.2, 0.25) is 5.02 Å². The van der Waals surface area contributed by atoms with Crippen molar-refractivity contribution in [2.24, 2.45) is 11.8 Å². The van der Waals surface area contributed by atoms with E-state index in [-0.39, 0.29) is 30.3 Å². The summed E-state index contributed by atoms with van der Waals surface area (Å²) in [5.41, 5.74) is 4.48. The SMILES string of the molecule is CCCc1cc(Cl)ccc1C1COc2ccc(C(C)O)cc2N(CC2CCC2C(O)CCCCN(C)C(C)=O)C1.O=CO. The van der Waals surface area contributed by atoms with Crippen molar-refractivity contribution >= 4 is 29.7 Å². The smallest absolute Gasteiger partial charge is 0.290 e. The first-order valence-corrected chi connectivity index (χ1v) is 15.9. The lowest BCUT2D eigenvalue weighted by atomic mass is 9.69. The summed E-state index contributed by atoms with van der Waals surface area (Å²) in [5, 5.41) is 29.1. The standard InChI is InChI=1S/C33H47ClN2O4.CH2O2/c1-5-8-25-17-28(34)12-14-29(25)27-20-36(31-18-24(22(2)37)11-15-33(31)40-21-27)19-26-10-13-30(26)32(39)9-6-7-16-35(4)23(3)38;2-1-3/h11-12,14-15,17-18,22,26-27,30,32,37,39H,5-10,13,16,19-21H2,1-4H3;1H,(H,2,3). The molecule has 43 heavy (non-hydrogen) atoms. The molecule has 238 valence electrons. The summed E-state index contributed by atoms with van der Waals surface area (Å²) in [5.74, 6) is 1.80. The fourth-order valence-corrected chi connectivity index (χ4v) is 6.47. The van der Waals surface area contributed by atoms with Crippen molar-refractivity contribution in [1.29, 1.82) is 0 Å². The molecule has 8 nitrogen and oxygen atoms in total. The summed E-state index contributed by atoms with van der Waals surface area (Å²) < 4.78 is 6.42. The molecular weight excluding hydrogens is 568 g/mol. The van der Waals surface area contributed by atoms with Crippen LogP contribution in [0.1, 0.15) is 88.0 Å². The van der Waals surface area contributed by atoms with Crippen LogP contribution in [0.25, 0.3) is 0 Å². The molecule has 2 aromatic rings. The molecule has 5 unspecified atom stereocenters. The molecule has 1 heterocycles. The molecule has 0 aromatic heterocycles. The van der Waals surface area contributed by atoms with Crippen LogP contribution < -0.4 is 9.64 Å². The van der Waals surface area contributed by atoms with Crippen LogP contribution in [-0.4, -0.2) is 72.0 Å². The van der Waals surface area contributed by atoms with E-state index < -0.39 is 6.10 Å². The molecule has 3 N–H and O–H groups in total. The summed E-state index contributed by atoms with van der Waals surface area (Å²) in [6, 6.07) is 12.3. The van der Waals surface area contributed by atoms with Crippen molar-refractivity contribution in [3.8, 4) is 5.75 Å². The van der Waals surface area contributed by atoms with Crippen LogP contribution in [0, 0.1) is 11.8 Å². The van der Waals surface area contributed by atoms with Gasteiger partial charge in [-0.25, -0.2) is 0 Å². The molecule has 4 rings (SSSR count). The first kappa shape index (κ1) is 34.7. The average molecular weight is 617 g/mol. The number of hydrogen-bond donors (Lipinski definition) is 3. The lowest BCUT2D eigenvalue weighted by Gasteiger charge is -2.43. The van der Waals surface area contributed by atoms with Gasteiger partial charge in [-0.1, -0.05) is 37.1 Å². The third-order valence-corrected chi connectivity index (χ3v) is 9.19. The van der Waals surface area contributed by atoms with E-state index >= 15 is 0 Å². The van der Waals surface area contributed by atoms with E-state index in [0.29, 0.717) is 12.5 Å². The quantitative estimate of drug-likeness (QED) is 0.196. The van der Waals surface area contributed by atoms with Gasteiger partial charge in [0.05, 0.1) is 24.5 Å². The van der Waals surface area contributed by atoms with Crippen LogP contribution in [0.15, 0.2) is 36.4 Å². The summed E-state index contributed by atoms with van der Waals surface area (Å²) in [4.78, 5) is 24.0. The summed E-state index contributed by atoms with van der Waals surface area (Å²) in [7, 11) is 1.83. The van der Waals surface area contributed by atoms with Crippen LogP contribution in [0.5, 0.6) is 5.75 Å². The minimum Gasteiger partial charge on any atom is -0.491 e. The summed E-state index contributed by atoms with van der Waals surface area (Å²) in [6.07, 6.45) is 5.89. The van der Waals surface area contributed by atoms with Gasteiger partial charge >= 0.3 is 0 Å². The van der Waals surface area contributed by atoms with Crippen LogP contribution in [0.3, 0.4) is 0 Å². The minimum atomic E-state index is -0.557. The predicted molar refractivity (Wildman–Crippen MR) is 171 cm³/mol. The zero-order chi connectivity index (χ0) is 31.5. The number of anilines is 1. The Morgan fingerprint density at radius 2 is 1.93 bits per heavy atom. The number of hydrogen-bond acceptors (Lipinski definition) is 6. The second kappa shape index (κ2) is 16.9. The Labute approximate surface area is 261 Å². The van der Waals surface area contributed by atoms with Crippen molar-refractivity contribution in [1.82, 2.24) is 4.90 Å². The first-order valence-electron chi connectivity index (χ1n) is 15.5. The maximum Gasteiger partial charge on any atom is 0.290 e. The number of aryl methyl sites for hydroxylation is 1. The van der Waals surface area contributed by atoms with E-state index in [4.69, 9.17) is 26.2 Å². The second-order valence-corrected chi connectivity index (χ2v) is 12.5. The van der Waals surface area contributed by atoms with Crippen LogP contribution >= 0.6 is 11.6 Å². The third kappa shape index (κ3) is 9.59. The molecule has 1 aliphatic heterocycles. The maximum absolute atomic E-state index is 11.5. The highest BCUT2D eigenvalue weighted by atomic mass is 35.5. The zero-order valence-corrected chi connectivity index (χ0v) is 26.8. The lowest BCUT2D eigenvalue weighted by molar-refractivity contribution is -0.127. The van der Waals surface area contributed by atoms with Crippen LogP contribution in [0.4, 0.5) is 5.69 Å². The van der Waals surface area contributed by atoms with Crippen molar-refractivity contribution < 1.29 is 29.6 Å². The molecule has 1 aliphatic carbocycles. The van der Waals surface area contributed by atoms with Gasteiger partial charge in [-0.15, -0.1) is 0 Å². The number of halogens is 1. The average Bonchev–Trinajstić information content (AvgIpc) is 3.13. The normalized spacial score (nSPS) is 20.7. The van der Waals surface area contributed by atoms with Gasteiger partial charge in [0.1, 0.15) is 5.75 Å². The monoisotopic (exact) mass is 616 g/mol. The van der Waals surface area contributed by atoms with Crippen molar-refractivity contribution in [2.45, 2.75) is 83.8 Å². The topological polar surface area (TPSA) is 111 Å². The van der Waals surface area contributed by atoms with E-state index in [1.807, 2.05) is 25.2 Å². The molecule has 0 spiro atoms. The number of nitrogens with zero attached hydrogens (tertiary/aromatic N) is 2. The number of aliphatic hydroxyl groups is 2. The van der Waals surface area contributed by atoms with Gasteiger partial charge in [0, 0.05) is 44.5 Å². The molecule has 0 saturated heterocycles. The molecule has 0 bridgehead atoms. The molecule has 1 saturated carbocycles. The van der Waals surface area contributed by atoms with Gasteiger partial charge in [0.15, 0.2) is 0 Å². The number of unbranched alkanes of at least 4 members (excludes halogenated alkanes) is 1. The highest BCUT2D eigenvalue weighted by Gasteiger charge is 2.38. The van der Waals surface area contributed by atoms with Crippen molar-refractivity contribution in [2.75, 3.05) is 38.2 Å².